The minimum absolute atomic E-state index is 0.313. The molecule has 0 bridgehead atoms. The molecule has 0 saturated heterocycles. The lowest BCUT2D eigenvalue weighted by Gasteiger charge is -2.27. The zero-order valence-corrected chi connectivity index (χ0v) is 17.8. The zero-order valence-electron chi connectivity index (χ0n) is 16.2. The average molecular weight is 443 g/mol. The second-order valence-electron chi connectivity index (χ2n) is 6.72. The molecule has 0 aliphatic carbocycles. The van der Waals surface area contributed by atoms with Crippen LogP contribution in [-0.2, 0) is 11.2 Å². The Morgan fingerprint density at radius 1 is 1.00 bits per heavy atom. The van der Waals surface area contributed by atoms with Crippen LogP contribution in [0.15, 0.2) is 83.8 Å². The molecule has 2 amide bonds. The lowest BCUT2D eigenvalue weighted by molar-refractivity contribution is -0.120. The van der Waals surface area contributed by atoms with Gasteiger partial charge in [0.2, 0.25) is 5.91 Å². The van der Waals surface area contributed by atoms with E-state index in [0.29, 0.717) is 17.7 Å². The summed E-state index contributed by atoms with van der Waals surface area (Å²) in [5.41, 5.74) is 1.84. The number of hydrogen-bond acceptors (Lipinski definition) is 3. The monoisotopic (exact) mass is 442 g/mol. The Labute approximate surface area is 183 Å². The molecule has 0 saturated carbocycles. The molecule has 4 nitrogen and oxygen atoms in total. The molecule has 3 aromatic rings. The number of rotatable bonds is 7. The molecule has 0 fully saturated rings. The summed E-state index contributed by atoms with van der Waals surface area (Å²) in [6, 6.07) is 21.1. The average Bonchev–Trinajstić information content (AvgIpc) is 2.78. The molecule has 1 N–H and O–H groups in total. The molecule has 1 unspecified atom stereocenters. The van der Waals surface area contributed by atoms with Gasteiger partial charge in [-0.2, -0.15) is 0 Å². The van der Waals surface area contributed by atoms with Gasteiger partial charge in [0, 0.05) is 29.6 Å². The summed E-state index contributed by atoms with van der Waals surface area (Å²) in [5.74, 6) is -1.10. The second kappa shape index (κ2) is 10.3. The Morgan fingerprint density at radius 3 is 2.23 bits per heavy atom. The van der Waals surface area contributed by atoms with E-state index in [0.717, 1.165) is 21.4 Å². The minimum atomic E-state index is -0.757. The van der Waals surface area contributed by atoms with Crippen molar-refractivity contribution in [3.05, 3.63) is 95.8 Å². The van der Waals surface area contributed by atoms with Crippen LogP contribution < -0.4 is 5.32 Å². The maximum atomic E-state index is 13.2. The smallest absolute Gasteiger partial charge is 0.254 e. The van der Waals surface area contributed by atoms with Gasteiger partial charge in [-0.1, -0.05) is 30.3 Å². The van der Waals surface area contributed by atoms with E-state index >= 15 is 0 Å². The Hall–Kier alpha value is -2.83. The molecule has 0 aliphatic heterocycles. The van der Waals surface area contributed by atoms with E-state index in [9.17, 15) is 14.0 Å². The quantitative estimate of drug-likeness (QED) is 0.533. The number of carbonyl (C=O) groups excluding carboxylic acids is 2. The fraction of sp³-hybridized carbons (Fsp3) is 0.130. The Morgan fingerprint density at radius 2 is 1.63 bits per heavy atom. The van der Waals surface area contributed by atoms with Crippen LogP contribution >= 0.6 is 21.7 Å². The number of carbonyl (C=O) groups is 2. The highest BCUT2D eigenvalue weighted by Crippen LogP contribution is 2.23. The van der Waals surface area contributed by atoms with Crippen LogP contribution in [0.2, 0.25) is 0 Å². The third-order valence-corrected chi connectivity index (χ3v) is 5.65. The maximum Gasteiger partial charge on any atom is 0.254 e. The first kappa shape index (κ1) is 21.9. The van der Waals surface area contributed by atoms with E-state index in [4.69, 9.17) is 10.7 Å². The minimum Gasteiger partial charge on any atom is -0.329 e. The molecule has 30 heavy (non-hydrogen) atoms. The predicted molar refractivity (Wildman–Crippen MR) is 119 cm³/mol. The summed E-state index contributed by atoms with van der Waals surface area (Å²) in [5, 5.41) is 2.86. The molecule has 154 valence electrons. The number of likely N-dealkylation sites (N-methyl/N-ethyl adjacent to an activating group) is 1. The van der Waals surface area contributed by atoms with Crippen molar-refractivity contribution in [2.24, 2.45) is 0 Å². The first-order valence-electron chi connectivity index (χ1n) is 9.24. The predicted octanol–water partition coefficient (Wildman–Crippen LogP) is 5.39. The molecular weight excluding hydrogens is 423 g/mol. The van der Waals surface area contributed by atoms with Crippen LogP contribution in [0, 0.1) is 5.82 Å². The SMILES string of the molecule is CN(C(=O)c1ccc(F)cc1)C(Cc1ccccc1)C(=O)Nc1ccc(SCl)cc1. The summed E-state index contributed by atoms with van der Waals surface area (Å²) in [7, 11) is 8.40. The van der Waals surface area contributed by atoms with Crippen LogP contribution in [0.1, 0.15) is 15.9 Å². The normalized spacial score (nSPS) is 11.6. The van der Waals surface area contributed by atoms with Gasteiger partial charge < -0.3 is 10.2 Å². The molecule has 3 rings (SSSR count). The third-order valence-electron chi connectivity index (χ3n) is 4.66. The molecule has 0 radical (unpaired) electrons. The number of benzene rings is 3. The topological polar surface area (TPSA) is 49.4 Å². The van der Waals surface area contributed by atoms with Crippen molar-refractivity contribution in [1.82, 2.24) is 4.90 Å². The van der Waals surface area contributed by atoms with Crippen LogP contribution in [0.5, 0.6) is 0 Å². The van der Waals surface area contributed by atoms with Crippen molar-refractivity contribution >= 4 is 39.2 Å². The van der Waals surface area contributed by atoms with Crippen LogP contribution in [0.3, 0.4) is 0 Å². The van der Waals surface area contributed by atoms with Gasteiger partial charge in [-0.15, -0.1) is 0 Å². The molecule has 0 aromatic heterocycles. The Kier molecular flexibility index (Phi) is 7.49. The molecule has 1 atom stereocenters. The lowest BCUT2D eigenvalue weighted by Crippen LogP contribution is -2.46. The number of nitrogens with zero attached hydrogens (tertiary/aromatic N) is 1. The first-order valence-corrected chi connectivity index (χ1v) is 10.9. The van der Waals surface area contributed by atoms with E-state index in [2.05, 4.69) is 5.32 Å². The van der Waals surface area contributed by atoms with Crippen molar-refractivity contribution in [2.45, 2.75) is 17.4 Å². The molecule has 7 heteroatoms. The van der Waals surface area contributed by atoms with Gasteiger partial charge >= 0.3 is 0 Å². The van der Waals surface area contributed by atoms with Crippen LogP contribution in [-0.4, -0.2) is 29.8 Å². The standard InChI is InChI=1S/C23H20ClFN2O2S/c1-27(23(29)17-7-9-18(25)10-8-17)21(15-16-5-3-2-4-6-16)22(28)26-19-11-13-20(30-24)14-12-19/h2-14,21H,15H2,1H3,(H,26,28). The number of hydrogen-bond donors (Lipinski definition) is 1. The van der Waals surface area contributed by atoms with Crippen molar-refractivity contribution in [3.8, 4) is 0 Å². The van der Waals surface area contributed by atoms with Crippen molar-refractivity contribution in [3.63, 3.8) is 0 Å². The van der Waals surface area contributed by atoms with E-state index < -0.39 is 11.9 Å². The van der Waals surface area contributed by atoms with Crippen molar-refractivity contribution in [1.29, 1.82) is 0 Å². The number of amides is 2. The van der Waals surface area contributed by atoms with Crippen LogP contribution in [0.25, 0.3) is 0 Å². The summed E-state index contributed by atoms with van der Waals surface area (Å²) < 4.78 is 13.2. The molecule has 0 spiro atoms. The van der Waals surface area contributed by atoms with Gasteiger partial charge in [-0.05, 0) is 75.8 Å². The fourth-order valence-corrected chi connectivity index (χ4v) is 3.54. The molecule has 0 aliphatic rings. The first-order chi connectivity index (χ1) is 14.5. The largest absolute Gasteiger partial charge is 0.329 e. The summed E-state index contributed by atoms with van der Waals surface area (Å²) in [6.07, 6.45) is 0.339. The van der Waals surface area contributed by atoms with Gasteiger partial charge in [0.25, 0.3) is 5.91 Å². The number of anilines is 1. The van der Waals surface area contributed by atoms with Crippen molar-refractivity contribution < 1.29 is 14.0 Å². The Bertz CT molecular complexity index is 998. The summed E-state index contributed by atoms with van der Waals surface area (Å²) >= 11 is 0. The van der Waals surface area contributed by atoms with E-state index in [1.165, 1.54) is 29.2 Å². The lowest BCUT2D eigenvalue weighted by atomic mass is 10.0. The zero-order chi connectivity index (χ0) is 21.5. The van der Waals surface area contributed by atoms with Gasteiger partial charge in [0.15, 0.2) is 0 Å². The summed E-state index contributed by atoms with van der Waals surface area (Å²) in [6.45, 7) is 0. The van der Waals surface area contributed by atoms with Crippen molar-refractivity contribution in [2.75, 3.05) is 12.4 Å². The second-order valence-corrected chi connectivity index (χ2v) is 7.81. The number of halogens is 2. The molecule has 0 heterocycles. The highest BCUT2D eigenvalue weighted by atomic mass is 35.7. The maximum absolute atomic E-state index is 13.2. The molecular formula is C23H20ClFN2O2S. The highest BCUT2D eigenvalue weighted by molar-refractivity contribution is 8.21. The van der Waals surface area contributed by atoms with Crippen LogP contribution in [0.4, 0.5) is 10.1 Å². The molecule has 3 aromatic carbocycles. The van der Waals surface area contributed by atoms with Gasteiger partial charge in [0.1, 0.15) is 11.9 Å². The van der Waals surface area contributed by atoms with E-state index in [-0.39, 0.29) is 11.8 Å². The van der Waals surface area contributed by atoms with Gasteiger partial charge in [0.05, 0.1) is 0 Å². The van der Waals surface area contributed by atoms with Gasteiger partial charge in [-0.25, -0.2) is 4.39 Å². The summed E-state index contributed by atoms with van der Waals surface area (Å²) in [4.78, 5) is 28.3. The van der Waals surface area contributed by atoms with E-state index in [1.54, 1.807) is 31.3 Å². The highest BCUT2D eigenvalue weighted by Gasteiger charge is 2.28. The van der Waals surface area contributed by atoms with E-state index in [1.807, 2.05) is 30.3 Å². The third kappa shape index (κ3) is 5.62. The Balaban J connectivity index is 1.83. The number of nitrogens with one attached hydrogen (secondary N) is 1. The van der Waals surface area contributed by atoms with Gasteiger partial charge in [-0.3, -0.25) is 9.59 Å². The fourth-order valence-electron chi connectivity index (χ4n) is 3.00.